The van der Waals surface area contributed by atoms with E-state index in [1.54, 1.807) is 0 Å². The number of hydrogen-bond donors (Lipinski definition) is 0. The van der Waals surface area contributed by atoms with E-state index in [9.17, 15) is 9.59 Å². The molecule has 29 heavy (non-hydrogen) atoms. The van der Waals surface area contributed by atoms with Crippen LogP contribution >= 0.6 is 0 Å². The highest BCUT2D eigenvalue weighted by Gasteiger charge is 2.90. The van der Waals surface area contributed by atoms with E-state index in [0.29, 0.717) is 48.4 Å². The quantitative estimate of drug-likeness (QED) is 0.297. The lowest BCUT2D eigenvalue weighted by Crippen LogP contribution is -2.52. The summed E-state index contributed by atoms with van der Waals surface area (Å²) in [5.74, 6) is 10.6. The number of ether oxygens (including phenoxy) is 2. The van der Waals surface area contributed by atoms with Gasteiger partial charge in [-0.05, 0) is 86.0 Å². The molecule has 0 aromatic heterocycles. The second-order valence-electron chi connectivity index (χ2n) is 10.9. The zero-order valence-corrected chi connectivity index (χ0v) is 17.2. The van der Waals surface area contributed by atoms with E-state index < -0.39 is 5.97 Å². The number of esters is 1. The summed E-state index contributed by atoms with van der Waals surface area (Å²) in [6, 6.07) is 0. The number of fused-ring (bicyclic) bond motifs is 10. The predicted octanol–water partition coefficient (Wildman–Crippen LogP) is 3.30. The molecular weight excluding hydrogens is 364 g/mol. The summed E-state index contributed by atoms with van der Waals surface area (Å²) in [6.45, 7) is 4.63. The van der Waals surface area contributed by atoms with Crippen molar-refractivity contribution in [1.82, 2.24) is 0 Å². The van der Waals surface area contributed by atoms with Crippen molar-refractivity contribution in [3.63, 3.8) is 0 Å². The van der Waals surface area contributed by atoms with Crippen LogP contribution < -0.4 is 0 Å². The first-order valence-corrected chi connectivity index (χ1v) is 11.6. The molecule has 0 bridgehead atoms. The van der Waals surface area contributed by atoms with E-state index in [-0.39, 0.29) is 16.6 Å². The minimum atomic E-state index is -0.420. The number of carbonyl (C=O) groups excluding carboxylic acids is 2. The summed E-state index contributed by atoms with van der Waals surface area (Å²) < 4.78 is 11.6. The molecule has 10 atom stereocenters. The van der Waals surface area contributed by atoms with Crippen LogP contribution in [0.3, 0.4) is 0 Å². The van der Waals surface area contributed by atoms with Gasteiger partial charge < -0.3 is 9.47 Å². The van der Waals surface area contributed by atoms with Gasteiger partial charge in [0.25, 0.3) is 0 Å². The molecular formula is C25H28O4. The van der Waals surface area contributed by atoms with Crippen molar-refractivity contribution in [3.05, 3.63) is 11.6 Å². The number of epoxide rings is 1. The summed E-state index contributed by atoms with van der Waals surface area (Å²) in [6.07, 6.45) is 8.50. The molecule has 7 aliphatic rings. The monoisotopic (exact) mass is 392 g/mol. The van der Waals surface area contributed by atoms with Gasteiger partial charge in [0, 0.05) is 18.3 Å². The van der Waals surface area contributed by atoms with Crippen LogP contribution in [0, 0.1) is 58.7 Å². The minimum absolute atomic E-state index is 0.101. The van der Waals surface area contributed by atoms with Gasteiger partial charge in [0.2, 0.25) is 0 Å². The van der Waals surface area contributed by atoms with Crippen LogP contribution in [0.25, 0.3) is 0 Å². The number of ketones is 1. The van der Waals surface area contributed by atoms with E-state index in [1.807, 2.05) is 13.0 Å². The molecule has 4 nitrogen and oxygen atoms in total. The van der Waals surface area contributed by atoms with Gasteiger partial charge >= 0.3 is 5.97 Å². The van der Waals surface area contributed by atoms with Crippen LogP contribution in [0.2, 0.25) is 0 Å². The number of rotatable bonds is 1. The molecule has 5 saturated carbocycles. The average Bonchev–Trinajstić information content (AvgIpc) is 3.59. The predicted molar refractivity (Wildman–Crippen MR) is 104 cm³/mol. The second-order valence-corrected chi connectivity index (χ2v) is 10.9. The van der Waals surface area contributed by atoms with E-state index >= 15 is 0 Å². The maximum absolute atomic E-state index is 12.1. The van der Waals surface area contributed by atoms with Crippen molar-refractivity contribution in [2.75, 3.05) is 6.61 Å². The standard InChI is InChI=1S/C25H28O4/c1-3-28-20(27)6-9-24-19-12-16(19)22-21-15-11-14(15)18-10-13(26)4-7-23(18,2)17(21)5-8-25(22,24)29-24/h10,14-17,19,21-22H,3-5,7-8,11-12H2,1-2H3/t14-,15+,16-,17?,19+,21?,22?,23-,24+,25-/m1/s1. The van der Waals surface area contributed by atoms with Crippen LogP contribution in [0.4, 0.5) is 0 Å². The number of hydrogen-bond acceptors (Lipinski definition) is 4. The number of carbonyl (C=O) groups is 2. The lowest BCUT2D eigenvalue weighted by Gasteiger charge is -2.55. The third-order valence-electron chi connectivity index (χ3n) is 10.0. The first-order valence-electron chi connectivity index (χ1n) is 11.6. The number of allylic oxidation sites excluding steroid dienone is 1. The van der Waals surface area contributed by atoms with Gasteiger partial charge in [-0.25, -0.2) is 4.79 Å². The first-order chi connectivity index (χ1) is 14.0. The van der Waals surface area contributed by atoms with Gasteiger partial charge in [-0.1, -0.05) is 18.4 Å². The Morgan fingerprint density at radius 3 is 2.97 bits per heavy atom. The maximum atomic E-state index is 12.1. The van der Waals surface area contributed by atoms with Crippen LogP contribution in [-0.2, 0) is 19.1 Å². The van der Waals surface area contributed by atoms with Crippen molar-refractivity contribution in [3.8, 4) is 11.8 Å². The van der Waals surface area contributed by atoms with Gasteiger partial charge in [0.05, 0.1) is 6.61 Å². The summed E-state index contributed by atoms with van der Waals surface area (Å²) in [7, 11) is 0. The Kier molecular flexibility index (Phi) is 2.95. The van der Waals surface area contributed by atoms with E-state index in [1.165, 1.54) is 24.8 Å². The molecule has 1 aliphatic heterocycles. The zero-order chi connectivity index (χ0) is 19.8. The Bertz CT molecular complexity index is 954. The summed E-state index contributed by atoms with van der Waals surface area (Å²) >= 11 is 0. The Balaban J connectivity index is 1.25. The fraction of sp³-hybridized carbons (Fsp3) is 0.760. The zero-order valence-electron chi connectivity index (χ0n) is 17.2. The van der Waals surface area contributed by atoms with E-state index in [4.69, 9.17) is 9.47 Å². The van der Waals surface area contributed by atoms with Crippen LogP contribution in [0.15, 0.2) is 11.6 Å². The largest absolute Gasteiger partial charge is 0.456 e. The normalized spacial score (nSPS) is 56.7. The molecule has 0 N–H and O–H groups in total. The van der Waals surface area contributed by atoms with Crippen molar-refractivity contribution < 1.29 is 19.1 Å². The molecule has 0 aromatic carbocycles. The highest BCUT2D eigenvalue weighted by Crippen LogP contribution is 2.85. The molecule has 0 amide bonds. The molecule has 1 saturated heterocycles. The molecule has 1 spiro atoms. The lowest BCUT2D eigenvalue weighted by atomic mass is 9.49. The molecule has 6 aliphatic carbocycles. The van der Waals surface area contributed by atoms with Gasteiger partial charge in [0.1, 0.15) is 5.60 Å². The Labute approximate surface area is 171 Å². The maximum Gasteiger partial charge on any atom is 0.384 e. The van der Waals surface area contributed by atoms with Crippen LogP contribution in [-0.4, -0.2) is 29.6 Å². The topological polar surface area (TPSA) is 55.9 Å². The molecule has 6 fully saturated rings. The third kappa shape index (κ3) is 1.84. The highest BCUT2D eigenvalue weighted by atomic mass is 16.6. The summed E-state index contributed by atoms with van der Waals surface area (Å²) in [5.41, 5.74) is 1.23. The van der Waals surface area contributed by atoms with Crippen molar-refractivity contribution >= 4 is 11.8 Å². The van der Waals surface area contributed by atoms with Crippen LogP contribution in [0.5, 0.6) is 0 Å². The van der Waals surface area contributed by atoms with Crippen molar-refractivity contribution in [2.24, 2.45) is 46.8 Å². The Morgan fingerprint density at radius 2 is 2.14 bits per heavy atom. The lowest BCUT2D eigenvalue weighted by molar-refractivity contribution is -0.136. The molecule has 152 valence electrons. The third-order valence-corrected chi connectivity index (χ3v) is 10.0. The molecule has 4 heteroatoms. The fourth-order valence-corrected chi connectivity index (χ4v) is 8.91. The minimum Gasteiger partial charge on any atom is -0.456 e. The van der Waals surface area contributed by atoms with E-state index in [2.05, 4.69) is 18.8 Å². The van der Waals surface area contributed by atoms with Gasteiger partial charge in [-0.3, -0.25) is 4.79 Å². The molecule has 0 aromatic rings. The first kappa shape index (κ1) is 17.1. The summed E-state index contributed by atoms with van der Waals surface area (Å²) in [4.78, 5) is 24.0. The Hall–Kier alpha value is -1.60. The SMILES string of the molecule is CCOC(=O)C#C[C@@]12O[C@@]13CCC1C(C3[C@@H]3C[C@@H]32)[C@H]2C[C@H]2C2=CC(=O)CC[C@@]21C. The van der Waals surface area contributed by atoms with Crippen LogP contribution in [0.1, 0.15) is 52.4 Å². The molecule has 3 unspecified atom stereocenters. The van der Waals surface area contributed by atoms with Gasteiger partial charge in [0.15, 0.2) is 11.4 Å². The molecule has 1 heterocycles. The Morgan fingerprint density at radius 1 is 1.28 bits per heavy atom. The average molecular weight is 392 g/mol. The van der Waals surface area contributed by atoms with Gasteiger partial charge in [-0.15, -0.1) is 0 Å². The molecule has 0 radical (unpaired) electrons. The molecule has 7 rings (SSSR count). The van der Waals surface area contributed by atoms with Crippen molar-refractivity contribution in [1.29, 1.82) is 0 Å². The highest BCUT2D eigenvalue weighted by molar-refractivity contribution is 5.92. The van der Waals surface area contributed by atoms with Gasteiger partial charge in [-0.2, -0.15) is 0 Å². The smallest absolute Gasteiger partial charge is 0.384 e. The summed E-state index contributed by atoms with van der Waals surface area (Å²) in [5, 5.41) is 0. The van der Waals surface area contributed by atoms with E-state index in [0.717, 1.165) is 24.7 Å². The fourth-order valence-electron chi connectivity index (χ4n) is 8.91. The van der Waals surface area contributed by atoms with Crippen molar-refractivity contribution in [2.45, 2.75) is 63.6 Å². The second kappa shape index (κ2) is 4.99.